The lowest BCUT2D eigenvalue weighted by Gasteiger charge is -2.20. The quantitative estimate of drug-likeness (QED) is 0.0786. The zero-order valence-electron chi connectivity index (χ0n) is 32.3. The Kier molecular flexibility index (Phi) is 13.8. The van der Waals surface area contributed by atoms with Gasteiger partial charge in [0.15, 0.2) is 0 Å². The van der Waals surface area contributed by atoms with Gasteiger partial charge in [0.25, 0.3) is 0 Å². The molecule has 304 valence electrons. The van der Waals surface area contributed by atoms with Gasteiger partial charge in [-0.15, -0.1) is 0 Å². The van der Waals surface area contributed by atoms with E-state index in [-0.39, 0.29) is 49.4 Å². The van der Waals surface area contributed by atoms with E-state index < -0.39 is 29.6 Å². The molecule has 16 heteroatoms. The number of hydrogen-bond acceptors (Lipinski definition) is 11. The molecule has 58 heavy (non-hydrogen) atoms. The standard InChI is InChI=1S/C23H27N3O5.C19H19N3O5/c1-23(2,3)31-21(28)11-9-18(24)22(29)25-15-4-6-16(7-5-15)30-17-8-10-19-14(12-17)13-20(27)26-19;20-15(6-8-18(24)25)19(26)21-12-1-3-13(4-2-12)27-14-5-7-16-11(9-14)10-17(23)22-16/h4-8,10,12,18H,9,11,13,24H2,1-3H3,(H,25,29)(H,26,27);1-5,7,9,15H,6,8,10,20H2,(H,21,26)(H,22,23)(H,24,25)/t18-;15-/m00/s1. The first-order chi connectivity index (χ1) is 27.5. The maximum atomic E-state index is 12.3. The second-order valence-corrected chi connectivity index (χ2v) is 14.6. The molecule has 2 heterocycles. The molecule has 2 aliphatic rings. The van der Waals surface area contributed by atoms with E-state index >= 15 is 0 Å². The first-order valence-electron chi connectivity index (χ1n) is 18.5. The molecule has 16 nitrogen and oxygen atoms in total. The normalized spacial score (nSPS) is 13.6. The van der Waals surface area contributed by atoms with Crippen molar-refractivity contribution in [3.8, 4) is 23.0 Å². The van der Waals surface area contributed by atoms with Crippen LogP contribution in [0.15, 0.2) is 84.9 Å². The third-order valence-electron chi connectivity index (χ3n) is 8.54. The van der Waals surface area contributed by atoms with Crippen LogP contribution in [-0.4, -0.2) is 58.4 Å². The Morgan fingerprint density at radius 3 is 1.45 bits per heavy atom. The summed E-state index contributed by atoms with van der Waals surface area (Å²) in [4.78, 5) is 69.4. The second-order valence-electron chi connectivity index (χ2n) is 14.6. The lowest BCUT2D eigenvalue weighted by molar-refractivity contribution is -0.155. The molecule has 0 saturated heterocycles. The average Bonchev–Trinajstić information content (AvgIpc) is 3.73. The number of amides is 4. The van der Waals surface area contributed by atoms with Crippen molar-refractivity contribution in [2.45, 2.75) is 77.0 Å². The number of hydrogen-bond donors (Lipinski definition) is 7. The monoisotopic (exact) mass is 794 g/mol. The van der Waals surface area contributed by atoms with E-state index in [2.05, 4.69) is 21.3 Å². The molecule has 9 N–H and O–H groups in total. The molecule has 0 saturated carbocycles. The molecule has 0 aromatic heterocycles. The summed E-state index contributed by atoms with van der Waals surface area (Å²) in [6.45, 7) is 5.36. The average molecular weight is 795 g/mol. The summed E-state index contributed by atoms with van der Waals surface area (Å²) in [6.07, 6.45) is 0.838. The molecule has 0 bridgehead atoms. The smallest absolute Gasteiger partial charge is 0.306 e. The van der Waals surface area contributed by atoms with Crippen LogP contribution in [0.5, 0.6) is 23.0 Å². The molecular weight excluding hydrogens is 748 g/mol. The maximum Gasteiger partial charge on any atom is 0.306 e. The lowest BCUT2D eigenvalue weighted by Crippen LogP contribution is -2.36. The minimum Gasteiger partial charge on any atom is -0.481 e. The Bertz CT molecular complexity index is 2170. The molecule has 0 aliphatic carbocycles. The van der Waals surface area contributed by atoms with Gasteiger partial charge in [-0.3, -0.25) is 28.8 Å². The number of aliphatic carboxylic acids is 1. The third kappa shape index (κ3) is 12.9. The molecule has 0 radical (unpaired) electrons. The highest BCUT2D eigenvalue weighted by molar-refractivity contribution is 6.00. The molecule has 0 fully saturated rings. The molecular formula is C42H46N6O10. The number of carbonyl (C=O) groups is 6. The predicted octanol–water partition coefficient (Wildman–Crippen LogP) is 5.47. The Balaban J connectivity index is 0.000000223. The van der Waals surface area contributed by atoms with Crippen molar-refractivity contribution < 1.29 is 48.1 Å². The van der Waals surface area contributed by atoms with E-state index in [0.717, 1.165) is 22.5 Å². The first kappa shape index (κ1) is 42.4. The number of nitrogens with two attached hydrogens (primary N) is 2. The van der Waals surface area contributed by atoms with Gasteiger partial charge in [0, 0.05) is 35.6 Å². The first-order valence-corrected chi connectivity index (χ1v) is 18.5. The van der Waals surface area contributed by atoms with Crippen LogP contribution in [0.4, 0.5) is 22.7 Å². The number of carboxylic acids is 1. The SMILES string of the molecule is CC(C)(C)OC(=O)CC[C@H](N)C(=O)Nc1ccc(Oc2ccc3c(c2)CC(=O)N3)cc1.N[C@@H](CCC(=O)O)C(=O)Nc1ccc(Oc2ccc3c(c2)CC(=O)N3)cc1. The molecule has 0 unspecified atom stereocenters. The fourth-order valence-corrected chi connectivity index (χ4v) is 5.70. The van der Waals surface area contributed by atoms with Crippen molar-refractivity contribution in [1.82, 2.24) is 0 Å². The van der Waals surface area contributed by atoms with Gasteiger partial charge in [-0.25, -0.2) is 0 Å². The van der Waals surface area contributed by atoms with Crippen molar-refractivity contribution in [3.05, 3.63) is 96.1 Å². The zero-order valence-corrected chi connectivity index (χ0v) is 32.3. The van der Waals surface area contributed by atoms with Gasteiger partial charge in [-0.2, -0.15) is 0 Å². The molecule has 2 aliphatic heterocycles. The highest BCUT2D eigenvalue weighted by Gasteiger charge is 2.22. The van der Waals surface area contributed by atoms with Gasteiger partial charge in [0.2, 0.25) is 23.6 Å². The minimum absolute atomic E-state index is 0.0310. The number of carboxylic acid groups (broad SMARTS) is 1. The summed E-state index contributed by atoms with van der Waals surface area (Å²) in [6, 6.07) is 22.6. The fraction of sp³-hybridized carbons (Fsp3) is 0.286. The van der Waals surface area contributed by atoms with Crippen LogP contribution in [-0.2, 0) is 46.3 Å². The number of rotatable bonds is 14. The Morgan fingerprint density at radius 1 is 0.655 bits per heavy atom. The highest BCUT2D eigenvalue weighted by Crippen LogP contribution is 2.32. The van der Waals surface area contributed by atoms with Crippen molar-refractivity contribution in [2.75, 3.05) is 21.3 Å². The van der Waals surface area contributed by atoms with E-state index in [9.17, 15) is 28.8 Å². The van der Waals surface area contributed by atoms with E-state index in [0.29, 0.717) is 47.2 Å². The number of nitrogens with one attached hydrogen (secondary N) is 4. The summed E-state index contributed by atoms with van der Waals surface area (Å²) in [7, 11) is 0. The van der Waals surface area contributed by atoms with Crippen molar-refractivity contribution in [3.63, 3.8) is 0 Å². The van der Waals surface area contributed by atoms with E-state index in [1.165, 1.54) is 0 Å². The topological polar surface area (TPSA) is 250 Å². The van der Waals surface area contributed by atoms with Crippen molar-refractivity contribution >= 4 is 58.3 Å². The number of carbonyl (C=O) groups excluding carboxylic acids is 5. The Morgan fingerprint density at radius 2 is 1.05 bits per heavy atom. The molecule has 4 aromatic carbocycles. The van der Waals surface area contributed by atoms with Crippen LogP contribution in [0.25, 0.3) is 0 Å². The van der Waals surface area contributed by atoms with Gasteiger partial charge in [0.05, 0.1) is 24.9 Å². The maximum absolute atomic E-state index is 12.3. The molecule has 6 rings (SSSR count). The third-order valence-corrected chi connectivity index (χ3v) is 8.54. The number of anilines is 4. The molecule has 0 spiro atoms. The second kappa shape index (κ2) is 18.9. The van der Waals surface area contributed by atoms with Crippen LogP contribution in [0.1, 0.15) is 57.6 Å². The van der Waals surface area contributed by atoms with Gasteiger partial charge in [0.1, 0.15) is 28.6 Å². The zero-order chi connectivity index (χ0) is 42.0. The molecule has 4 aromatic rings. The summed E-state index contributed by atoms with van der Waals surface area (Å²) >= 11 is 0. The summed E-state index contributed by atoms with van der Waals surface area (Å²) in [5.74, 6) is 0.114. The summed E-state index contributed by atoms with van der Waals surface area (Å²) in [5.41, 5.74) is 15.5. The van der Waals surface area contributed by atoms with E-state index in [1.54, 1.807) is 87.5 Å². The van der Waals surface area contributed by atoms with Crippen molar-refractivity contribution in [1.29, 1.82) is 0 Å². The van der Waals surface area contributed by atoms with Gasteiger partial charge in [-0.05, 0) is 130 Å². The molecule has 2 atom stereocenters. The summed E-state index contributed by atoms with van der Waals surface area (Å²) in [5, 5.41) is 19.5. The Labute approximate surface area is 334 Å². The van der Waals surface area contributed by atoms with Gasteiger partial charge < -0.3 is 52.1 Å². The summed E-state index contributed by atoms with van der Waals surface area (Å²) < 4.78 is 16.8. The number of fused-ring (bicyclic) bond motifs is 2. The van der Waals surface area contributed by atoms with Crippen LogP contribution in [0.2, 0.25) is 0 Å². The number of esters is 1. The minimum atomic E-state index is -0.994. The predicted molar refractivity (Wildman–Crippen MR) is 216 cm³/mol. The van der Waals surface area contributed by atoms with E-state index in [4.69, 9.17) is 30.8 Å². The largest absolute Gasteiger partial charge is 0.481 e. The van der Waals surface area contributed by atoms with Crippen LogP contribution in [0.3, 0.4) is 0 Å². The van der Waals surface area contributed by atoms with Crippen LogP contribution >= 0.6 is 0 Å². The van der Waals surface area contributed by atoms with Crippen LogP contribution < -0.4 is 42.2 Å². The Hall–Kier alpha value is -6.78. The van der Waals surface area contributed by atoms with Gasteiger partial charge >= 0.3 is 11.9 Å². The highest BCUT2D eigenvalue weighted by atomic mass is 16.6. The number of benzene rings is 4. The van der Waals surface area contributed by atoms with Crippen molar-refractivity contribution in [2.24, 2.45) is 11.5 Å². The van der Waals surface area contributed by atoms with E-state index in [1.807, 2.05) is 18.2 Å². The van der Waals surface area contributed by atoms with Gasteiger partial charge in [-0.1, -0.05) is 0 Å². The number of ether oxygens (including phenoxy) is 3. The fourth-order valence-electron chi connectivity index (χ4n) is 5.70. The lowest BCUT2D eigenvalue weighted by atomic mass is 10.1. The molecule has 4 amide bonds. The van der Waals surface area contributed by atoms with Crippen LogP contribution in [0, 0.1) is 0 Å².